The first-order valence-electron chi connectivity index (χ1n) is 7.70. The smallest absolute Gasteiger partial charge is 0.267 e. The van der Waals surface area contributed by atoms with Crippen molar-refractivity contribution in [3.05, 3.63) is 40.9 Å². The summed E-state index contributed by atoms with van der Waals surface area (Å²) in [6, 6.07) is 6.01. The maximum absolute atomic E-state index is 14.3. The van der Waals surface area contributed by atoms with Crippen LogP contribution in [0.15, 0.2) is 35.4 Å². The van der Waals surface area contributed by atoms with Crippen LogP contribution in [-0.4, -0.2) is 39.3 Å². The number of halogens is 2. The lowest BCUT2D eigenvalue weighted by Gasteiger charge is -2.31. The van der Waals surface area contributed by atoms with Crippen molar-refractivity contribution < 1.29 is 13.9 Å². The molecule has 23 heavy (non-hydrogen) atoms. The molecule has 3 rings (SSSR count). The largest absolute Gasteiger partial charge is 0.392 e. The lowest BCUT2D eigenvalue weighted by atomic mass is 9.96. The fourth-order valence-corrected chi connectivity index (χ4v) is 3.00. The minimum absolute atomic E-state index is 0.321. The molecule has 1 saturated heterocycles. The highest BCUT2D eigenvalue weighted by atomic mass is 19.3. The van der Waals surface area contributed by atoms with Gasteiger partial charge in [0.25, 0.3) is 11.5 Å². The van der Waals surface area contributed by atoms with E-state index < -0.39 is 36.6 Å². The van der Waals surface area contributed by atoms with Crippen LogP contribution in [0.3, 0.4) is 0 Å². The second-order valence-corrected chi connectivity index (χ2v) is 6.03. The van der Waals surface area contributed by atoms with E-state index >= 15 is 0 Å². The van der Waals surface area contributed by atoms with Crippen molar-refractivity contribution in [2.45, 2.75) is 43.9 Å². The Bertz CT molecular complexity index is 747. The van der Waals surface area contributed by atoms with Crippen molar-refractivity contribution in [1.29, 1.82) is 0 Å². The number of fused-ring (bicyclic) bond motifs is 1. The van der Waals surface area contributed by atoms with Crippen LogP contribution in [0.1, 0.15) is 19.3 Å². The van der Waals surface area contributed by atoms with Crippen LogP contribution in [0.25, 0.3) is 10.9 Å². The number of aliphatic hydroxyl groups excluding tert-OH is 1. The number of hydrogen-bond acceptors (Lipinski definition) is 4. The number of para-hydroxylation sites is 1. The maximum atomic E-state index is 14.3. The number of aliphatic hydroxyl groups is 1. The average molecular weight is 323 g/mol. The third kappa shape index (κ3) is 3.56. The molecule has 2 aromatic rings. The Morgan fingerprint density at radius 2 is 2.17 bits per heavy atom. The molecule has 0 spiro atoms. The Hall–Kier alpha value is -1.86. The fraction of sp³-hybridized carbons (Fsp3) is 0.500. The molecular weight excluding hydrogens is 304 g/mol. The number of nitrogens with one attached hydrogen (secondary N) is 1. The summed E-state index contributed by atoms with van der Waals surface area (Å²) < 4.78 is 29.6. The Kier molecular flexibility index (Phi) is 4.41. The van der Waals surface area contributed by atoms with Crippen LogP contribution in [0.4, 0.5) is 8.78 Å². The molecule has 0 saturated carbocycles. The fourth-order valence-electron chi connectivity index (χ4n) is 3.00. The Labute approximate surface area is 132 Å². The Morgan fingerprint density at radius 1 is 1.39 bits per heavy atom. The molecule has 2 atom stereocenters. The summed E-state index contributed by atoms with van der Waals surface area (Å²) in [7, 11) is 0. The predicted molar refractivity (Wildman–Crippen MR) is 82.6 cm³/mol. The van der Waals surface area contributed by atoms with Crippen molar-refractivity contribution in [2.24, 2.45) is 0 Å². The molecule has 0 unspecified atom stereocenters. The quantitative estimate of drug-likeness (QED) is 0.895. The molecule has 0 radical (unpaired) electrons. The van der Waals surface area contributed by atoms with Gasteiger partial charge in [-0.3, -0.25) is 9.36 Å². The number of aromatic nitrogens is 2. The minimum atomic E-state index is -3.11. The zero-order valence-corrected chi connectivity index (χ0v) is 12.6. The van der Waals surface area contributed by atoms with E-state index in [9.17, 15) is 18.7 Å². The summed E-state index contributed by atoms with van der Waals surface area (Å²) in [5, 5.41) is 13.1. The molecule has 0 aliphatic carbocycles. The van der Waals surface area contributed by atoms with Gasteiger partial charge in [-0.15, -0.1) is 0 Å². The monoisotopic (exact) mass is 323 g/mol. The van der Waals surface area contributed by atoms with Crippen LogP contribution in [-0.2, 0) is 6.54 Å². The van der Waals surface area contributed by atoms with E-state index in [1.807, 2.05) is 0 Å². The first-order chi connectivity index (χ1) is 11.0. The van der Waals surface area contributed by atoms with Gasteiger partial charge in [-0.1, -0.05) is 12.1 Å². The summed E-state index contributed by atoms with van der Waals surface area (Å²) in [5.74, 6) is -3.11. The number of benzene rings is 1. The van der Waals surface area contributed by atoms with Crippen LogP contribution in [0.2, 0.25) is 0 Å². The summed E-state index contributed by atoms with van der Waals surface area (Å²) in [6.45, 7) is -0.121. The highest BCUT2D eigenvalue weighted by Crippen LogP contribution is 2.26. The van der Waals surface area contributed by atoms with Gasteiger partial charge in [0.1, 0.15) is 0 Å². The van der Waals surface area contributed by atoms with Gasteiger partial charge in [-0.05, 0) is 31.5 Å². The molecule has 124 valence electrons. The van der Waals surface area contributed by atoms with E-state index in [4.69, 9.17) is 0 Å². The van der Waals surface area contributed by atoms with Crippen molar-refractivity contribution in [1.82, 2.24) is 14.9 Å². The normalized spacial score (nSPS) is 22.4. The van der Waals surface area contributed by atoms with Gasteiger partial charge in [-0.25, -0.2) is 13.8 Å². The van der Waals surface area contributed by atoms with Crippen molar-refractivity contribution in [3.8, 4) is 0 Å². The molecule has 0 bridgehead atoms. The minimum Gasteiger partial charge on any atom is -0.392 e. The molecule has 2 heterocycles. The van der Waals surface area contributed by atoms with Crippen LogP contribution >= 0.6 is 0 Å². The van der Waals surface area contributed by atoms with Crippen LogP contribution in [0, 0.1) is 0 Å². The van der Waals surface area contributed by atoms with Gasteiger partial charge in [0.2, 0.25) is 0 Å². The standard InChI is InChI=1S/C16H19F2N3O2/c17-16(18,8-13-14(22)6-3-7-19-13)9-21-10-20-12-5-2-1-4-11(12)15(21)23/h1-2,4-5,10,13-14,19,22H,3,6-9H2/t13-,14+/m1/s1. The Balaban J connectivity index is 1.80. The number of hydrogen-bond donors (Lipinski definition) is 2. The third-order valence-electron chi connectivity index (χ3n) is 4.20. The molecular formula is C16H19F2N3O2. The molecule has 1 fully saturated rings. The summed E-state index contributed by atoms with van der Waals surface area (Å²) in [6.07, 6.45) is 1.17. The molecule has 1 aromatic heterocycles. The van der Waals surface area contributed by atoms with Gasteiger partial charge >= 0.3 is 0 Å². The summed E-state index contributed by atoms with van der Waals surface area (Å²) in [4.78, 5) is 16.3. The van der Waals surface area contributed by atoms with Crippen molar-refractivity contribution in [3.63, 3.8) is 0 Å². The first-order valence-corrected chi connectivity index (χ1v) is 7.70. The van der Waals surface area contributed by atoms with E-state index in [1.54, 1.807) is 24.3 Å². The second kappa shape index (κ2) is 6.33. The predicted octanol–water partition coefficient (Wildman–Crippen LogP) is 1.53. The van der Waals surface area contributed by atoms with E-state index in [0.717, 1.165) is 17.3 Å². The third-order valence-corrected chi connectivity index (χ3v) is 4.20. The zero-order valence-electron chi connectivity index (χ0n) is 12.6. The Morgan fingerprint density at radius 3 is 2.96 bits per heavy atom. The molecule has 1 aliphatic rings. The lowest BCUT2D eigenvalue weighted by molar-refractivity contribution is -0.0524. The number of rotatable bonds is 4. The molecule has 0 amide bonds. The van der Waals surface area contributed by atoms with Gasteiger partial charge in [0, 0.05) is 12.5 Å². The van der Waals surface area contributed by atoms with Crippen LogP contribution < -0.4 is 10.9 Å². The number of alkyl halides is 2. The second-order valence-electron chi connectivity index (χ2n) is 6.03. The van der Waals surface area contributed by atoms with E-state index in [-0.39, 0.29) is 0 Å². The molecule has 5 nitrogen and oxygen atoms in total. The van der Waals surface area contributed by atoms with Crippen LogP contribution in [0.5, 0.6) is 0 Å². The molecule has 7 heteroatoms. The summed E-state index contributed by atoms with van der Waals surface area (Å²) in [5.41, 5.74) is 0.00821. The number of nitrogens with zero attached hydrogens (tertiary/aromatic N) is 2. The van der Waals surface area contributed by atoms with Crippen molar-refractivity contribution in [2.75, 3.05) is 6.54 Å². The number of piperidine rings is 1. The topological polar surface area (TPSA) is 67.2 Å². The van der Waals surface area contributed by atoms with E-state index in [1.165, 1.54) is 0 Å². The first kappa shape index (κ1) is 16.0. The van der Waals surface area contributed by atoms with Gasteiger partial charge in [0.15, 0.2) is 0 Å². The van der Waals surface area contributed by atoms with E-state index in [2.05, 4.69) is 10.3 Å². The van der Waals surface area contributed by atoms with Crippen molar-refractivity contribution >= 4 is 10.9 Å². The van der Waals surface area contributed by atoms with Gasteiger partial charge < -0.3 is 10.4 Å². The maximum Gasteiger partial charge on any atom is 0.267 e. The zero-order chi connectivity index (χ0) is 16.4. The van der Waals surface area contributed by atoms with Gasteiger partial charge in [-0.2, -0.15) is 0 Å². The average Bonchev–Trinajstić information content (AvgIpc) is 2.52. The van der Waals surface area contributed by atoms with Gasteiger partial charge in [0.05, 0.1) is 29.9 Å². The molecule has 1 aliphatic heterocycles. The highest BCUT2D eigenvalue weighted by Gasteiger charge is 2.37. The highest BCUT2D eigenvalue weighted by molar-refractivity contribution is 5.76. The lowest BCUT2D eigenvalue weighted by Crippen LogP contribution is -2.48. The molecule has 2 N–H and O–H groups in total. The SMILES string of the molecule is O=c1c2ccccc2ncn1CC(F)(F)C[C@H]1NCCC[C@@H]1O. The molecule has 1 aromatic carbocycles. The van der Waals surface area contributed by atoms with E-state index in [0.29, 0.717) is 23.9 Å². The summed E-state index contributed by atoms with van der Waals surface area (Å²) >= 11 is 0.